The van der Waals surface area contributed by atoms with Crippen molar-refractivity contribution in [2.75, 3.05) is 0 Å². The predicted molar refractivity (Wildman–Crippen MR) is 79.0 cm³/mol. The molecule has 2 aromatic rings. The Hall–Kier alpha value is -1.91. The fourth-order valence-corrected chi connectivity index (χ4v) is 1.80. The monoisotopic (exact) mass is 273 g/mol. The van der Waals surface area contributed by atoms with Crippen molar-refractivity contribution in [1.82, 2.24) is 0 Å². The van der Waals surface area contributed by atoms with Gasteiger partial charge in [-0.2, -0.15) is 0 Å². The largest absolute Gasteiger partial charge is 0.489 e. The standard InChI is InChI=1S/C15H15NO2S/c16-15(19)13-3-1-2-12(8-13)10-18-14-6-4-11(9-17)5-7-14/h1-8,17H,9-10H2,(H2,16,19). The molecular formula is C15H15NO2S. The number of aliphatic hydroxyl groups is 1. The molecule has 0 heterocycles. The fraction of sp³-hybridized carbons (Fsp3) is 0.133. The maximum atomic E-state index is 8.95. The van der Waals surface area contributed by atoms with Crippen molar-refractivity contribution in [1.29, 1.82) is 0 Å². The molecule has 0 aliphatic carbocycles. The van der Waals surface area contributed by atoms with E-state index in [1.54, 1.807) is 0 Å². The van der Waals surface area contributed by atoms with E-state index in [1.807, 2.05) is 48.5 Å². The second-order valence-corrected chi connectivity index (χ2v) is 4.60. The minimum atomic E-state index is 0.0380. The lowest BCUT2D eigenvalue weighted by Gasteiger charge is -2.08. The molecule has 0 amide bonds. The molecule has 0 saturated carbocycles. The summed E-state index contributed by atoms with van der Waals surface area (Å²) in [6.07, 6.45) is 0. The third-order valence-corrected chi connectivity index (χ3v) is 2.96. The average Bonchev–Trinajstić information content (AvgIpc) is 2.46. The molecule has 19 heavy (non-hydrogen) atoms. The smallest absolute Gasteiger partial charge is 0.119 e. The minimum Gasteiger partial charge on any atom is -0.489 e. The molecule has 3 nitrogen and oxygen atoms in total. The summed E-state index contributed by atoms with van der Waals surface area (Å²) in [5, 5.41) is 8.95. The number of benzene rings is 2. The zero-order valence-electron chi connectivity index (χ0n) is 10.4. The Morgan fingerprint density at radius 2 is 1.84 bits per heavy atom. The van der Waals surface area contributed by atoms with Gasteiger partial charge in [0.25, 0.3) is 0 Å². The van der Waals surface area contributed by atoms with E-state index in [4.69, 9.17) is 27.8 Å². The number of aliphatic hydroxyl groups excluding tert-OH is 1. The maximum Gasteiger partial charge on any atom is 0.119 e. The molecule has 2 aromatic carbocycles. The average molecular weight is 273 g/mol. The van der Waals surface area contributed by atoms with Crippen LogP contribution in [0, 0.1) is 0 Å². The van der Waals surface area contributed by atoms with Crippen LogP contribution in [0.15, 0.2) is 48.5 Å². The summed E-state index contributed by atoms with van der Waals surface area (Å²) in [4.78, 5) is 0.383. The van der Waals surface area contributed by atoms with E-state index in [9.17, 15) is 0 Å². The minimum absolute atomic E-state index is 0.0380. The number of nitrogens with two attached hydrogens (primary N) is 1. The lowest BCUT2D eigenvalue weighted by molar-refractivity contribution is 0.280. The summed E-state index contributed by atoms with van der Waals surface area (Å²) in [7, 11) is 0. The molecule has 0 saturated heterocycles. The highest BCUT2D eigenvalue weighted by atomic mass is 32.1. The van der Waals surface area contributed by atoms with Gasteiger partial charge in [-0.3, -0.25) is 0 Å². The second-order valence-electron chi connectivity index (χ2n) is 4.16. The maximum absolute atomic E-state index is 8.95. The van der Waals surface area contributed by atoms with Gasteiger partial charge in [-0.1, -0.05) is 42.5 Å². The number of hydrogen-bond acceptors (Lipinski definition) is 3. The molecule has 0 fully saturated rings. The topological polar surface area (TPSA) is 55.5 Å². The van der Waals surface area contributed by atoms with Crippen LogP contribution in [0.4, 0.5) is 0 Å². The van der Waals surface area contributed by atoms with Crippen LogP contribution in [0.1, 0.15) is 16.7 Å². The van der Waals surface area contributed by atoms with Crippen LogP contribution in [0.3, 0.4) is 0 Å². The first-order chi connectivity index (χ1) is 9.19. The van der Waals surface area contributed by atoms with E-state index in [1.165, 1.54) is 0 Å². The molecule has 0 aliphatic rings. The van der Waals surface area contributed by atoms with E-state index < -0.39 is 0 Å². The number of thiocarbonyl (C=S) groups is 1. The van der Waals surface area contributed by atoms with Gasteiger partial charge in [-0.15, -0.1) is 0 Å². The Kier molecular flexibility index (Phi) is 4.49. The lowest BCUT2D eigenvalue weighted by atomic mass is 10.1. The van der Waals surface area contributed by atoms with Crippen molar-refractivity contribution in [2.24, 2.45) is 5.73 Å². The third kappa shape index (κ3) is 3.77. The number of hydrogen-bond donors (Lipinski definition) is 2. The summed E-state index contributed by atoms with van der Waals surface area (Å²) >= 11 is 4.94. The molecule has 98 valence electrons. The van der Waals surface area contributed by atoms with Gasteiger partial charge in [-0.25, -0.2) is 0 Å². The SMILES string of the molecule is NC(=S)c1cccc(COc2ccc(CO)cc2)c1. The summed E-state index contributed by atoms with van der Waals surface area (Å²) in [5.74, 6) is 0.762. The van der Waals surface area contributed by atoms with Gasteiger partial charge in [0.05, 0.1) is 6.61 Å². The van der Waals surface area contributed by atoms with E-state index in [0.29, 0.717) is 11.6 Å². The van der Waals surface area contributed by atoms with Crippen LogP contribution in [0.25, 0.3) is 0 Å². The predicted octanol–water partition coefficient (Wildman–Crippen LogP) is 2.39. The third-order valence-electron chi connectivity index (χ3n) is 2.72. The fourth-order valence-electron chi connectivity index (χ4n) is 1.67. The highest BCUT2D eigenvalue weighted by molar-refractivity contribution is 7.80. The van der Waals surface area contributed by atoms with Gasteiger partial charge >= 0.3 is 0 Å². The Morgan fingerprint density at radius 3 is 2.47 bits per heavy atom. The zero-order chi connectivity index (χ0) is 13.7. The van der Waals surface area contributed by atoms with E-state index in [2.05, 4.69) is 0 Å². The van der Waals surface area contributed by atoms with Crippen LogP contribution < -0.4 is 10.5 Å². The Morgan fingerprint density at radius 1 is 1.11 bits per heavy atom. The van der Waals surface area contributed by atoms with Crippen molar-refractivity contribution in [3.05, 3.63) is 65.2 Å². The molecule has 2 rings (SSSR count). The van der Waals surface area contributed by atoms with Crippen LogP contribution in [0.5, 0.6) is 5.75 Å². The van der Waals surface area contributed by atoms with Gasteiger partial charge in [0, 0.05) is 5.56 Å². The van der Waals surface area contributed by atoms with E-state index >= 15 is 0 Å². The summed E-state index contributed by atoms with van der Waals surface area (Å²) in [6, 6.07) is 15.0. The van der Waals surface area contributed by atoms with Crippen LogP contribution in [-0.4, -0.2) is 10.1 Å². The van der Waals surface area contributed by atoms with Gasteiger partial charge < -0.3 is 15.6 Å². The van der Waals surface area contributed by atoms with Gasteiger partial charge in [0.2, 0.25) is 0 Å². The molecule has 3 N–H and O–H groups in total. The Labute approximate surface area is 117 Å². The normalized spacial score (nSPS) is 10.2. The Balaban J connectivity index is 2.01. The van der Waals surface area contributed by atoms with Crippen LogP contribution in [0.2, 0.25) is 0 Å². The van der Waals surface area contributed by atoms with E-state index in [0.717, 1.165) is 22.4 Å². The van der Waals surface area contributed by atoms with Crippen molar-refractivity contribution in [3.8, 4) is 5.75 Å². The molecular weight excluding hydrogens is 258 g/mol. The Bertz CT molecular complexity index is 567. The van der Waals surface area contributed by atoms with Crippen molar-refractivity contribution in [3.63, 3.8) is 0 Å². The van der Waals surface area contributed by atoms with Crippen molar-refractivity contribution in [2.45, 2.75) is 13.2 Å². The molecule has 0 aliphatic heterocycles. The van der Waals surface area contributed by atoms with Gasteiger partial charge in [-0.05, 0) is 29.3 Å². The summed E-state index contributed by atoms with van der Waals surface area (Å²) in [5.41, 5.74) is 8.30. The first-order valence-corrected chi connectivity index (χ1v) is 6.31. The van der Waals surface area contributed by atoms with Crippen LogP contribution >= 0.6 is 12.2 Å². The summed E-state index contributed by atoms with van der Waals surface area (Å²) in [6.45, 7) is 0.491. The molecule has 4 heteroatoms. The first kappa shape index (κ1) is 13.5. The van der Waals surface area contributed by atoms with Gasteiger partial charge in [0.1, 0.15) is 17.3 Å². The van der Waals surface area contributed by atoms with Crippen molar-refractivity contribution < 1.29 is 9.84 Å². The highest BCUT2D eigenvalue weighted by Gasteiger charge is 2.00. The summed E-state index contributed by atoms with van der Waals surface area (Å²) < 4.78 is 5.66. The molecule has 0 atom stereocenters. The zero-order valence-corrected chi connectivity index (χ0v) is 11.2. The first-order valence-electron chi connectivity index (χ1n) is 5.90. The molecule has 0 spiro atoms. The molecule has 0 unspecified atom stereocenters. The quantitative estimate of drug-likeness (QED) is 0.821. The number of rotatable bonds is 5. The molecule has 0 radical (unpaired) electrons. The molecule has 0 bridgehead atoms. The van der Waals surface area contributed by atoms with E-state index in [-0.39, 0.29) is 6.61 Å². The van der Waals surface area contributed by atoms with Crippen molar-refractivity contribution >= 4 is 17.2 Å². The number of ether oxygens (including phenoxy) is 1. The highest BCUT2D eigenvalue weighted by Crippen LogP contribution is 2.15. The molecule has 0 aromatic heterocycles. The van der Waals surface area contributed by atoms with Crippen LogP contribution in [-0.2, 0) is 13.2 Å². The second kappa shape index (κ2) is 6.31. The lowest BCUT2D eigenvalue weighted by Crippen LogP contribution is -2.09. The van der Waals surface area contributed by atoms with Gasteiger partial charge in [0.15, 0.2) is 0 Å².